The molecule has 2 rings (SSSR count). The number of carbonyl (C=O) groups is 1. The van der Waals surface area contributed by atoms with Gasteiger partial charge in [0.15, 0.2) is 5.78 Å². The SMILES string of the molecule is CCCN(CCC)S(=O)(=O)c1ccc(C(=O)c2ccc(OC)cc2)cc1. The Morgan fingerprint density at radius 1 is 0.885 bits per heavy atom. The molecule has 0 N–H and O–H groups in total. The van der Waals surface area contributed by atoms with Crippen LogP contribution in [0.25, 0.3) is 0 Å². The fourth-order valence-electron chi connectivity index (χ4n) is 2.69. The van der Waals surface area contributed by atoms with E-state index in [0.717, 1.165) is 12.8 Å². The van der Waals surface area contributed by atoms with Crippen molar-refractivity contribution in [3.63, 3.8) is 0 Å². The average molecular weight is 375 g/mol. The minimum Gasteiger partial charge on any atom is -0.497 e. The van der Waals surface area contributed by atoms with Gasteiger partial charge >= 0.3 is 0 Å². The number of sulfonamides is 1. The molecule has 0 amide bonds. The van der Waals surface area contributed by atoms with Crippen molar-refractivity contribution in [2.24, 2.45) is 0 Å². The summed E-state index contributed by atoms with van der Waals surface area (Å²) < 4.78 is 32.1. The zero-order valence-electron chi connectivity index (χ0n) is 15.4. The summed E-state index contributed by atoms with van der Waals surface area (Å²) in [6, 6.07) is 13.0. The molecule has 2 aromatic carbocycles. The van der Waals surface area contributed by atoms with E-state index in [1.165, 1.54) is 16.4 Å². The Bertz CT molecular complexity index is 821. The predicted octanol–water partition coefficient (Wildman–Crippen LogP) is 3.74. The Hall–Kier alpha value is -2.18. The van der Waals surface area contributed by atoms with Crippen molar-refractivity contribution in [2.45, 2.75) is 31.6 Å². The van der Waals surface area contributed by atoms with Gasteiger partial charge in [0.1, 0.15) is 5.75 Å². The maximum absolute atomic E-state index is 12.8. The van der Waals surface area contributed by atoms with Crippen molar-refractivity contribution >= 4 is 15.8 Å². The summed E-state index contributed by atoms with van der Waals surface area (Å²) in [4.78, 5) is 12.8. The van der Waals surface area contributed by atoms with Gasteiger partial charge in [-0.2, -0.15) is 4.31 Å². The van der Waals surface area contributed by atoms with E-state index in [0.29, 0.717) is 30.0 Å². The van der Waals surface area contributed by atoms with Gasteiger partial charge in [0.05, 0.1) is 12.0 Å². The van der Waals surface area contributed by atoms with Gasteiger partial charge < -0.3 is 4.74 Å². The molecule has 0 aliphatic heterocycles. The molecule has 0 spiro atoms. The molecule has 0 unspecified atom stereocenters. The van der Waals surface area contributed by atoms with Gasteiger partial charge in [-0.25, -0.2) is 8.42 Å². The first kappa shape index (κ1) is 20.1. The molecule has 0 fully saturated rings. The van der Waals surface area contributed by atoms with Crippen LogP contribution in [0.4, 0.5) is 0 Å². The lowest BCUT2D eigenvalue weighted by Crippen LogP contribution is -2.32. The van der Waals surface area contributed by atoms with Crippen molar-refractivity contribution in [1.29, 1.82) is 0 Å². The lowest BCUT2D eigenvalue weighted by Gasteiger charge is -2.21. The lowest BCUT2D eigenvalue weighted by molar-refractivity contribution is 0.103. The van der Waals surface area contributed by atoms with Crippen LogP contribution in [0.3, 0.4) is 0 Å². The van der Waals surface area contributed by atoms with Crippen molar-refractivity contribution in [3.8, 4) is 5.75 Å². The summed E-state index contributed by atoms with van der Waals surface area (Å²) in [7, 11) is -1.97. The van der Waals surface area contributed by atoms with Gasteiger partial charge in [0.2, 0.25) is 10.0 Å². The van der Waals surface area contributed by atoms with E-state index in [4.69, 9.17) is 4.74 Å². The van der Waals surface area contributed by atoms with Crippen LogP contribution in [0.5, 0.6) is 5.75 Å². The van der Waals surface area contributed by atoms with E-state index in [-0.39, 0.29) is 10.7 Å². The van der Waals surface area contributed by atoms with Crippen LogP contribution >= 0.6 is 0 Å². The highest BCUT2D eigenvalue weighted by Crippen LogP contribution is 2.20. The quantitative estimate of drug-likeness (QED) is 0.627. The molecule has 0 heterocycles. The minimum absolute atomic E-state index is 0.157. The molecule has 0 saturated heterocycles. The standard InChI is InChI=1S/C20H25NO4S/c1-4-14-21(15-5-2)26(23,24)19-12-8-17(9-13-19)20(22)16-6-10-18(25-3)11-7-16/h6-13H,4-5,14-15H2,1-3H3. The van der Waals surface area contributed by atoms with Crippen molar-refractivity contribution in [1.82, 2.24) is 4.31 Å². The summed E-state index contributed by atoms with van der Waals surface area (Å²) in [5, 5.41) is 0. The topological polar surface area (TPSA) is 63.7 Å². The normalized spacial score (nSPS) is 11.5. The van der Waals surface area contributed by atoms with E-state index >= 15 is 0 Å². The molecule has 0 aliphatic rings. The molecule has 140 valence electrons. The van der Waals surface area contributed by atoms with Crippen LogP contribution < -0.4 is 4.74 Å². The molecular formula is C20H25NO4S. The summed E-state index contributed by atoms with van der Waals surface area (Å²) in [5.41, 5.74) is 0.978. The number of benzene rings is 2. The second-order valence-electron chi connectivity index (χ2n) is 5.99. The zero-order chi connectivity index (χ0) is 19.2. The number of rotatable bonds is 9. The molecular weight excluding hydrogens is 350 g/mol. The first-order valence-corrected chi connectivity index (χ1v) is 10.2. The molecule has 26 heavy (non-hydrogen) atoms. The van der Waals surface area contributed by atoms with Crippen LogP contribution in [0.1, 0.15) is 42.6 Å². The number of hydrogen-bond donors (Lipinski definition) is 0. The van der Waals surface area contributed by atoms with Gasteiger partial charge in [0.25, 0.3) is 0 Å². The number of ether oxygens (including phenoxy) is 1. The van der Waals surface area contributed by atoms with E-state index in [2.05, 4.69) is 0 Å². The maximum Gasteiger partial charge on any atom is 0.243 e. The van der Waals surface area contributed by atoms with Crippen molar-refractivity contribution in [2.75, 3.05) is 20.2 Å². The van der Waals surface area contributed by atoms with Crippen LogP contribution in [0, 0.1) is 0 Å². The Labute approximate surface area is 155 Å². The fourth-order valence-corrected chi connectivity index (χ4v) is 4.31. The highest BCUT2D eigenvalue weighted by atomic mass is 32.2. The Balaban J connectivity index is 2.24. The van der Waals surface area contributed by atoms with Crippen LogP contribution in [-0.4, -0.2) is 38.7 Å². The third kappa shape index (κ3) is 4.51. The summed E-state index contributed by atoms with van der Waals surface area (Å²) in [6.45, 7) is 4.88. The van der Waals surface area contributed by atoms with Gasteiger partial charge in [-0.3, -0.25) is 4.79 Å². The van der Waals surface area contributed by atoms with E-state index in [1.54, 1.807) is 43.5 Å². The first-order valence-electron chi connectivity index (χ1n) is 8.73. The van der Waals surface area contributed by atoms with Gasteiger partial charge in [0, 0.05) is 24.2 Å². The summed E-state index contributed by atoms with van der Waals surface area (Å²) >= 11 is 0. The molecule has 0 saturated carbocycles. The maximum atomic E-state index is 12.8. The smallest absolute Gasteiger partial charge is 0.243 e. The molecule has 6 heteroatoms. The Kier molecular flexibility index (Phi) is 6.94. The molecule has 5 nitrogen and oxygen atoms in total. The average Bonchev–Trinajstić information content (AvgIpc) is 2.67. The number of methoxy groups -OCH3 is 1. The minimum atomic E-state index is -3.54. The third-order valence-corrected chi connectivity index (χ3v) is 5.97. The van der Waals surface area contributed by atoms with Crippen molar-refractivity contribution < 1.29 is 17.9 Å². The molecule has 0 radical (unpaired) electrons. The van der Waals surface area contributed by atoms with E-state index in [9.17, 15) is 13.2 Å². The Morgan fingerprint density at radius 2 is 1.35 bits per heavy atom. The second kappa shape index (κ2) is 8.96. The number of nitrogens with zero attached hydrogens (tertiary/aromatic N) is 1. The molecule has 2 aromatic rings. The van der Waals surface area contributed by atoms with Gasteiger partial charge in [-0.15, -0.1) is 0 Å². The van der Waals surface area contributed by atoms with Crippen molar-refractivity contribution in [3.05, 3.63) is 59.7 Å². The zero-order valence-corrected chi connectivity index (χ0v) is 16.3. The second-order valence-corrected chi connectivity index (χ2v) is 7.92. The van der Waals surface area contributed by atoms with E-state index in [1.807, 2.05) is 13.8 Å². The number of carbonyl (C=O) groups excluding carboxylic acids is 1. The van der Waals surface area contributed by atoms with Crippen LogP contribution in [0.2, 0.25) is 0 Å². The summed E-state index contributed by atoms with van der Waals surface area (Å²) in [5.74, 6) is 0.519. The fraction of sp³-hybridized carbons (Fsp3) is 0.350. The third-order valence-electron chi connectivity index (χ3n) is 4.05. The molecule has 0 atom stereocenters. The van der Waals surface area contributed by atoms with Gasteiger partial charge in [-0.1, -0.05) is 13.8 Å². The predicted molar refractivity (Wildman–Crippen MR) is 102 cm³/mol. The van der Waals surface area contributed by atoms with Crippen LogP contribution in [-0.2, 0) is 10.0 Å². The highest BCUT2D eigenvalue weighted by molar-refractivity contribution is 7.89. The monoisotopic (exact) mass is 375 g/mol. The molecule has 0 bridgehead atoms. The van der Waals surface area contributed by atoms with Crippen LogP contribution in [0.15, 0.2) is 53.4 Å². The highest BCUT2D eigenvalue weighted by Gasteiger charge is 2.23. The first-order chi connectivity index (χ1) is 12.4. The van der Waals surface area contributed by atoms with E-state index < -0.39 is 10.0 Å². The number of ketones is 1. The van der Waals surface area contributed by atoms with Gasteiger partial charge in [-0.05, 0) is 61.4 Å². The molecule has 0 aromatic heterocycles. The summed E-state index contributed by atoms with van der Waals surface area (Å²) in [6.07, 6.45) is 1.51. The molecule has 0 aliphatic carbocycles. The Morgan fingerprint density at radius 3 is 1.77 bits per heavy atom. The lowest BCUT2D eigenvalue weighted by atomic mass is 10.0. The largest absolute Gasteiger partial charge is 0.497 e. The number of hydrogen-bond acceptors (Lipinski definition) is 4.